The van der Waals surface area contributed by atoms with Crippen LogP contribution in [0.3, 0.4) is 0 Å². The Labute approximate surface area is 132 Å². The Balaban J connectivity index is 2.81. The maximum atomic E-state index is 6.41. The lowest BCUT2D eigenvalue weighted by molar-refractivity contribution is 0.199. The summed E-state index contributed by atoms with van der Waals surface area (Å²) < 4.78 is 5.05. The van der Waals surface area contributed by atoms with Gasteiger partial charge in [-0.3, -0.25) is 0 Å². The van der Waals surface area contributed by atoms with E-state index in [0.717, 1.165) is 29.6 Å². The Hall–Kier alpha value is -0.420. The quantitative estimate of drug-likeness (QED) is 0.707. The van der Waals surface area contributed by atoms with Gasteiger partial charge < -0.3 is 15.0 Å². The fraction of sp³-hybridized carbons (Fsp3) is 0.600. The molecule has 1 N–H and O–H groups in total. The van der Waals surface area contributed by atoms with Crippen LogP contribution in [-0.4, -0.2) is 45.4 Å². The second-order valence-electron chi connectivity index (χ2n) is 4.83. The highest BCUT2D eigenvalue weighted by molar-refractivity contribution is 7.98. The summed E-state index contributed by atoms with van der Waals surface area (Å²) in [5, 5.41) is 4.19. The third-order valence-electron chi connectivity index (χ3n) is 3.29. The number of ether oxygens (including phenoxy) is 1. The molecule has 0 aliphatic carbocycles. The summed E-state index contributed by atoms with van der Waals surface area (Å²) in [5.41, 5.74) is 2.35. The highest BCUT2D eigenvalue weighted by Gasteiger charge is 2.16. The monoisotopic (exact) mass is 316 g/mol. The molecule has 20 heavy (non-hydrogen) atoms. The van der Waals surface area contributed by atoms with Crippen LogP contribution in [0.5, 0.6) is 0 Å². The molecule has 5 heteroatoms. The SMILES string of the molecule is COCCNCc1cccc(Cl)c1N(C)C(C)CSC. The average Bonchev–Trinajstić information content (AvgIpc) is 2.43. The van der Waals surface area contributed by atoms with Crippen molar-refractivity contribution in [3.63, 3.8) is 0 Å². The maximum Gasteiger partial charge on any atom is 0.0642 e. The van der Waals surface area contributed by atoms with E-state index in [4.69, 9.17) is 16.3 Å². The van der Waals surface area contributed by atoms with Crippen LogP contribution >= 0.6 is 23.4 Å². The van der Waals surface area contributed by atoms with Gasteiger partial charge in [-0.15, -0.1) is 0 Å². The molecule has 1 aromatic carbocycles. The summed E-state index contributed by atoms with van der Waals surface area (Å²) in [6, 6.07) is 6.54. The van der Waals surface area contributed by atoms with Crippen molar-refractivity contribution in [1.82, 2.24) is 5.32 Å². The fourth-order valence-electron chi connectivity index (χ4n) is 2.07. The van der Waals surface area contributed by atoms with Crippen LogP contribution in [0.4, 0.5) is 5.69 Å². The first kappa shape index (κ1) is 17.6. The number of nitrogens with zero attached hydrogens (tertiary/aromatic N) is 1. The van der Waals surface area contributed by atoms with Crippen molar-refractivity contribution in [3.05, 3.63) is 28.8 Å². The number of para-hydroxylation sites is 1. The maximum absolute atomic E-state index is 6.41. The van der Waals surface area contributed by atoms with E-state index in [2.05, 4.69) is 36.5 Å². The van der Waals surface area contributed by atoms with Crippen molar-refractivity contribution in [2.45, 2.75) is 19.5 Å². The molecular weight excluding hydrogens is 292 g/mol. The van der Waals surface area contributed by atoms with Gasteiger partial charge in [0.05, 0.1) is 17.3 Å². The third kappa shape index (κ3) is 5.17. The van der Waals surface area contributed by atoms with Crippen molar-refractivity contribution in [2.24, 2.45) is 0 Å². The van der Waals surface area contributed by atoms with E-state index in [0.29, 0.717) is 12.6 Å². The number of methoxy groups -OCH3 is 1. The summed E-state index contributed by atoms with van der Waals surface area (Å²) >= 11 is 8.26. The van der Waals surface area contributed by atoms with Gasteiger partial charge in [0.25, 0.3) is 0 Å². The van der Waals surface area contributed by atoms with E-state index in [1.165, 1.54) is 5.56 Å². The molecule has 3 nitrogen and oxygen atoms in total. The van der Waals surface area contributed by atoms with Crippen molar-refractivity contribution in [1.29, 1.82) is 0 Å². The lowest BCUT2D eigenvalue weighted by Crippen LogP contribution is -2.32. The number of thioether (sulfide) groups is 1. The minimum absolute atomic E-state index is 0.447. The molecule has 0 fully saturated rings. The number of anilines is 1. The molecule has 0 saturated carbocycles. The highest BCUT2D eigenvalue weighted by atomic mass is 35.5. The van der Waals surface area contributed by atoms with Gasteiger partial charge in [-0.25, -0.2) is 0 Å². The average molecular weight is 317 g/mol. The second kappa shape index (κ2) is 9.50. The first-order valence-corrected chi connectivity index (χ1v) is 8.57. The van der Waals surface area contributed by atoms with E-state index >= 15 is 0 Å². The Kier molecular flexibility index (Phi) is 8.38. The Morgan fingerprint density at radius 2 is 2.20 bits per heavy atom. The molecule has 1 aromatic rings. The Morgan fingerprint density at radius 3 is 2.85 bits per heavy atom. The first-order valence-electron chi connectivity index (χ1n) is 6.80. The van der Waals surface area contributed by atoms with Crippen LogP contribution in [0.2, 0.25) is 5.02 Å². The van der Waals surface area contributed by atoms with Crippen LogP contribution in [0, 0.1) is 0 Å². The zero-order valence-corrected chi connectivity index (χ0v) is 14.4. The molecule has 1 atom stereocenters. The van der Waals surface area contributed by atoms with E-state index < -0.39 is 0 Å². The predicted molar refractivity (Wildman–Crippen MR) is 91.3 cm³/mol. The number of hydrogen-bond donors (Lipinski definition) is 1. The summed E-state index contributed by atoms with van der Waals surface area (Å²) in [7, 11) is 3.82. The van der Waals surface area contributed by atoms with Crippen molar-refractivity contribution >= 4 is 29.1 Å². The van der Waals surface area contributed by atoms with Crippen molar-refractivity contribution < 1.29 is 4.74 Å². The van der Waals surface area contributed by atoms with Gasteiger partial charge in [-0.2, -0.15) is 11.8 Å². The highest BCUT2D eigenvalue weighted by Crippen LogP contribution is 2.30. The molecule has 0 saturated heterocycles. The number of nitrogens with one attached hydrogen (secondary N) is 1. The van der Waals surface area contributed by atoms with E-state index in [1.807, 2.05) is 23.9 Å². The molecule has 114 valence electrons. The molecule has 0 spiro atoms. The third-order valence-corrected chi connectivity index (χ3v) is 4.41. The molecule has 0 aliphatic heterocycles. The summed E-state index contributed by atoms with van der Waals surface area (Å²) in [5.74, 6) is 1.08. The first-order chi connectivity index (χ1) is 9.61. The topological polar surface area (TPSA) is 24.5 Å². The molecule has 0 radical (unpaired) electrons. The molecule has 0 aromatic heterocycles. The zero-order chi connectivity index (χ0) is 15.0. The normalized spacial score (nSPS) is 12.4. The van der Waals surface area contributed by atoms with Gasteiger partial charge in [-0.05, 0) is 24.8 Å². The van der Waals surface area contributed by atoms with Crippen LogP contribution in [0.25, 0.3) is 0 Å². The largest absolute Gasteiger partial charge is 0.383 e. The molecule has 0 heterocycles. The van der Waals surface area contributed by atoms with Crippen molar-refractivity contribution in [2.75, 3.05) is 44.2 Å². The van der Waals surface area contributed by atoms with Crippen LogP contribution < -0.4 is 10.2 Å². The van der Waals surface area contributed by atoms with Crippen LogP contribution in [0.15, 0.2) is 18.2 Å². The minimum atomic E-state index is 0.447. The van der Waals surface area contributed by atoms with Gasteiger partial charge >= 0.3 is 0 Å². The molecular formula is C15H25ClN2OS. The molecule has 0 aliphatic rings. The van der Waals surface area contributed by atoms with Gasteiger partial charge in [0.2, 0.25) is 0 Å². The Morgan fingerprint density at radius 1 is 1.45 bits per heavy atom. The van der Waals surface area contributed by atoms with Gasteiger partial charge in [0.15, 0.2) is 0 Å². The Bertz CT molecular complexity index is 403. The summed E-state index contributed by atoms with van der Waals surface area (Å²) in [4.78, 5) is 2.27. The number of hydrogen-bond acceptors (Lipinski definition) is 4. The minimum Gasteiger partial charge on any atom is -0.383 e. The molecule has 1 unspecified atom stereocenters. The lowest BCUT2D eigenvalue weighted by Gasteiger charge is -2.29. The summed E-state index contributed by atoms with van der Waals surface area (Å²) in [6.45, 7) is 4.58. The smallest absolute Gasteiger partial charge is 0.0642 e. The molecule has 0 bridgehead atoms. The molecule has 0 amide bonds. The van der Waals surface area contributed by atoms with E-state index in [1.54, 1.807) is 7.11 Å². The fourth-order valence-corrected chi connectivity index (χ4v) is 3.10. The number of halogens is 1. The van der Waals surface area contributed by atoms with Gasteiger partial charge in [0, 0.05) is 39.0 Å². The standard InChI is InChI=1S/C15H25ClN2OS/c1-12(11-20-4)18(2)15-13(6-5-7-14(15)16)10-17-8-9-19-3/h5-7,12,17H,8-11H2,1-4H3. The van der Waals surface area contributed by atoms with Crippen LogP contribution in [0.1, 0.15) is 12.5 Å². The van der Waals surface area contributed by atoms with E-state index in [9.17, 15) is 0 Å². The second-order valence-corrected chi connectivity index (χ2v) is 6.15. The molecule has 1 rings (SSSR count). The lowest BCUT2D eigenvalue weighted by atomic mass is 10.1. The number of rotatable bonds is 9. The zero-order valence-electron chi connectivity index (χ0n) is 12.8. The predicted octanol–water partition coefficient (Wildman–Crippen LogP) is 3.26. The van der Waals surface area contributed by atoms with Gasteiger partial charge in [0.1, 0.15) is 0 Å². The number of benzene rings is 1. The van der Waals surface area contributed by atoms with Crippen molar-refractivity contribution in [3.8, 4) is 0 Å². The van der Waals surface area contributed by atoms with Gasteiger partial charge in [-0.1, -0.05) is 23.7 Å². The van der Waals surface area contributed by atoms with Crippen LogP contribution in [-0.2, 0) is 11.3 Å². The summed E-state index contributed by atoms with van der Waals surface area (Å²) in [6.07, 6.45) is 2.13. The van der Waals surface area contributed by atoms with E-state index in [-0.39, 0.29) is 0 Å².